The van der Waals surface area contributed by atoms with Gasteiger partial charge in [-0.2, -0.15) is 0 Å². The number of hydrogen-bond donors (Lipinski definition) is 0. The summed E-state index contributed by atoms with van der Waals surface area (Å²) in [6.45, 7) is 0. The Morgan fingerprint density at radius 3 is 2.08 bits per heavy atom. The van der Waals surface area contributed by atoms with Crippen LogP contribution in [0.15, 0.2) is 152 Å². The summed E-state index contributed by atoms with van der Waals surface area (Å²) in [5.74, 6) is 1.55. The molecule has 0 aliphatic carbocycles. The van der Waals surface area contributed by atoms with E-state index < -0.39 is 0 Å². The average molecular weight is 644 g/mol. The highest BCUT2D eigenvalue weighted by molar-refractivity contribution is 7.25. The number of thiophene rings is 1. The molecule has 228 valence electrons. The van der Waals surface area contributed by atoms with Gasteiger partial charge in [-0.1, -0.05) is 103 Å². The molecule has 0 aliphatic heterocycles. The van der Waals surface area contributed by atoms with E-state index >= 15 is 0 Å². The van der Waals surface area contributed by atoms with Crippen molar-refractivity contribution in [2.75, 3.05) is 0 Å². The van der Waals surface area contributed by atoms with Crippen LogP contribution in [-0.4, -0.2) is 24.1 Å². The molecule has 0 saturated heterocycles. The lowest BCUT2D eigenvalue weighted by Crippen LogP contribution is -2.02. The number of pyridine rings is 1. The largest absolute Gasteiger partial charge is 0.293 e. The molecular formula is C43H25N5S. The van der Waals surface area contributed by atoms with Crippen LogP contribution < -0.4 is 0 Å². The number of fused-ring (bicyclic) bond motifs is 11. The topological polar surface area (TPSA) is 48.5 Å². The van der Waals surface area contributed by atoms with Crippen LogP contribution in [0.25, 0.3) is 97.7 Å². The molecule has 6 aromatic carbocycles. The van der Waals surface area contributed by atoms with Gasteiger partial charge in [0.15, 0.2) is 0 Å². The van der Waals surface area contributed by atoms with Crippen LogP contribution in [0.3, 0.4) is 0 Å². The van der Waals surface area contributed by atoms with Crippen molar-refractivity contribution < 1.29 is 0 Å². The summed E-state index contributed by atoms with van der Waals surface area (Å²) in [5.41, 5.74) is 6.39. The van der Waals surface area contributed by atoms with Crippen LogP contribution in [0.5, 0.6) is 0 Å². The van der Waals surface area contributed by atoms with E-state index in [9.17, 15) is 0 Å². The van der Waals surface area contributed by atoms with Gasteiger partial charge < -0.3 is 0 Å². The Labute approximate surface area is 284 Å². The van der Waals surface area contributed by atoms with E-state index in [1.165, 1.54) is 31.6 Å². The van der Waals surface area contributed by atoms with Crippen LogP contribution in [0.1, 0.15) is 0 Å². The molecule has 0 spiro atoms. The summed E-state index contributed by atoms with van der Waals surface area (Å²) < 4.78 is 5.76. The van der Waals surface area contributed by atoms with E-state index in [4.69, 9.17) is 15.0 Å². The van der Waals surface area contributed by atoms with Gasteiger partial charge in [0, 0.05) is 48.8 Å². The third kappa shape index (κ3) is 3.77. The average Bonchev–Trinajstić information content (AvgIpc) is 3.82. The minimum atomic E-state index is 0.660. The number of hydrogen-bond acceptors (Lipinski definition) is 4. The summed E-state index contributed by atoms with van der Waals surface area (Å²) >= 11 is 1.72. The second-order valence-corrected chi connectivity index (χ2v) is 13.5. The lowest BCUT2D eigenvalue weighted by atomic mass is 10.0. The van der Waals surface area contributed by atoms with Crippen molar-refractivity contribution >= 4 is 86.0 Å². The summed E-state index contributed by atoms with van der Waals surface area (Å²) in [6, 6.07) is 51.5. The van der Waals surface area contributed by atoms with Gasteiger partial charge >= 0.3 is 0 Å². The minimum absolute atomic E-state index is 0.660. The zero-order valence-electron chi connectivity index (χ0n) is 26.1. The molecule has 0 aliphatic rings. The number of rotatable bonds is 3. The van der Waals surface area contributed by atoms with Gasteiger partial charge in [-0.05, 0) is 53.2 Å². The fourth-order valence-corrected chi connectivity index (χ4v) is 8.78. The van der Waals surface area contributed by atoms with Crippen LogP contribution in [0, 0.1) is 0 Å². The highest BCUT2D eigenvalue weighted by Gasteiger charge is 2.23. The predicted octanol–water partition coefficient (Wildman–Crippen LogP) is 11.3. The molecule has 0 radical (unpaired) electrons. The Kier molecular flexibility index (Phi) is 5.48. The van der Waals surface area contributed by atoms with Crippen LogP contribution >= 0.6 is 11.3 Å². The highest BCUT2D eigenvalue weighted by Crippen LogP contribution is 2.43. The first-order valence-electron chi connectivity index (χ1n) is 16.4. The predicted molar refractivity (Wildman–Crippen MR) is 204 cm³/mol. The molecule has 0 fully saturated rings. The fourth-order valence-electron chi connectivity index (χ4n) is 7.71. The van der Waals surface area contributed by atoms with Gasteiger partial charge in [0.25, 0.3) is 0 Å². The molecule has 5 nitrogen and oxygen atoms in total. The first kappa shape index (κ1) is 26.7. The third-order valence-electron chi connectivity index (χ3n) is 9.80. The van der Waals surface area contributed by atoms with Gasteiger partial charge in [-0.15, -0.1) is 11.3 Å². The van der Waals surface area contributed by atoms with Gasteiger partial charge in [-0.3, -0.25) is 9.13 Å². The van der Waals surface area contributed by atoms with E-state index in [1.807, 2.05) is 12.3 Å². The lowest BCUT2D eigenvalue weighted by Gasteiger charge is -2.11. The molecule has 5 aromatic heterocycles. The first-order valence-corrected chi connectivity index (χ1v) is 17.2. The monoisotopic (exact) mass is 643 g/mol. The van der Waals surface area contributed by atoms with E-state index in [2.05, 4.69) is 149 Å². The van der Waals surface area contributed by atoms with E-state index in [0.29, 0.717) is 5.95 Å². The standard InChI is InChI=1S/C43H25N5S/c1-2-12-27-25-28(21-20-26(27)11-1)40-39-32-15-5-8-18-36(32)49-42(39)46-43(45-40)47-34-17-7-4-14-31(34)38-35(47)23-22-30-29-13-3-6-16-33(29)48(41(30)38)37-19-9-10-24-44-37/h1-25H. The normalized spacial score (nSPS) is 12.1. The quantitative estimate of drug-likeness (QED) is 0.192. The minimum Gasteiger partial charge on any atom is -0.293 e. The number of aromatic nitrogens is 5. The second-order valence-electron chi connectivity index (χ2n) is 12.5. The molecule has 11 aromatic rings. The smallest absolute Gasteiger partial charge is 0.236 e. The number of benzene rings is 6. The zero-order valence-corrected chi connectivity index (χ0v) is 26.9. The molecule has 0 bridgehead atoms. The molecule has 49 heavy (non-hydrogen) atoms. The van der Waals surface area contributed by atoms with Gasteiger partial charge in [0.1, 0.15) is 10.6 Å². The molecular weight excluding hydrogens is 619 g/mol. The summed E-state index contributed by atoms with van der Waals surface area (Å²) in [4.78, 5) is 16.6. The maximum atomic E-state index is 5.49. The van der Waals surface area contributed by atoms with Crippen LogP contribution in [0.4, 0.5) is 0 Å². The van der Waals surface area contributed by atoms with Crippen LogP contribution in [-0.2, 0) is 0 Å². The van der Waals surface area contributed by atoms with Gasteiger partial charge in [0.05, 0.1) is 27.8 Å². The van der Waals surface area contributed by atoms with Crippen molar-refractivity contribution in [3.63, 3.8) is 0 Å². The molecule has 5 heterocycles. The Balaban J connectivity index is 1.29. The third-order valence-corrected chi connectivity index (χ3v) is 10.9. The van der Waals surface area contributed by atoms with Gasteiger partial charge in [-0.25, -0.2) is 15.0 Å². The Hall–Kier alpha value is -6.37. The van der Waals surface area contributed by atoms with Crippen LogP contribution in [0.2, 0.25) is 0 Å². The van der Waals surface area contributed by atoms with E-state index in [0.717, 1.165) is 60.1 Å². The maximum Gasteiger partial charge on any atom is 0.236 e. The Morgan fingerprint density at radius 1 is 0.490 bits per heavy atom. The fraction of sp³-hybridized carbons (Fsp3) is 0. The Morgan fingerprint density at radius 2 is 1.22 bits per heavy atom. The number of nitrogens with zero attached hydrogens (tertiary/aromatic N) is 5. The SMILES string of the molecule is c1ccc(-n2c3ccccc3c3ccc4c(c5ccccc5n4-c4nc(-c5ccc6ccccc6c5)c5c(n4)sc4ccccc45)c32)nc1. The Bertz CT molecular complexity index is 3110. The summed E-state index contributed by atoms with van der Waals surface area (Å²) in [6.07, 6.45) is 1.86. The first-order chi connectivity index (χ1) is 24.3. The molecule has 11 rings (SSSR count). The second kappa shape index (κ2) is 10.1. The lowest BCUT2D eigenvalue weighted by molar-refractivity contribution is 1.02. The molecule has 0 saturated carbocycles. The van der Waals surface area contributed by atoms with Crippen molar-refractivity contribution in [3.8, 4) is 23.0 Å². The zero-order chi connectivity index (χ0) is 32.1. The summed E-state index contributed by atoms with van der Waals surface area (Å²) in [7, 11) is 0. The number of para-hydroxylation sites is 2. The van der Waals surface area contributed by atoms with Crippen molar-refractivity contribution in [2.45, 2.75) is 0 Å². The van der Waals surface area contributed by atoms with Crippen molar-refractivity contribution in [1.82, 2.24) is 24.1 Å². The van der Waals surface area contributed by atoms with E-state index in [-0.39, 0.29) is 0 Å². The molecule has 0 N–H and O–H groups in total. The molecule has 0 unspecified atom stereocenters. The molecule has 6 heteroatoms. The van der Waals surface area contributed by atoms with Gasteiger partial charge in [0.2, 0.25) is 5.95 Å². The summed E-state index contributed by atoms with van der Waals surface area (Å²) in [5, 5.41) is 9.37. The van der Waals surface area contributed by atoms with Crippen molar-refractivity contribution in [2.24, 2.45) is 0 Å². The van der Waals surface area contributed by atoms with E-state index in [1.54, 1.807) is 11.3 Å². The van der Waals surface area contributed by atoms with Crippen molar-refractivity contribution in [3.05, 3.63) is 152 Å². The molecule has 0 atom stereocenters. The molecule has 0 amide bonds. The maximum absolute atomic E-state index is 5.49. The van der Waals surface area contributed by atoms with Crippen molar-refractivity contribution in [1.29, 1.82) is 0 Å². The highest BCUT2D eigenvalue weighted by atomic mass is 32.1.